The molecule has 0 spiro atoms. The zero-order valence-corrected chi connectivity index (χ0v) is 17.3. The minimum Gasteiger partial charge on any atom is -0.504 e. The molecule has 0 saturated heterocycles. The van der Waals surface area contributed by atoms with Crippen molar-refractivity contribution in [1.82, 2.24) is 0 Å². The van der Waals surface area contributed by atoms with Gasteiger partial charge >= 0.3 is 0 Å². The van der Waals surface area contributed by atoms with Crippen LogP contribution in [0.4, 0.5) is 0 Å². The van der Waals surface area contributed by atoms with Gasteiger partial charge < -0.3 is 14.6 Å². The number of phenolic OH excluding ortho intramolecular Hbond substituents is 1. The van der Waals surface area contributed by atoms with E-state index in [9.17, 15) is 5.11 Å². The lowest BCUT2D eigenvalue weighted by Gasteiger charge is -2.20. The van der Waals surface area contributed by atoms with Crippen LogP contribution in [0, 0.1) is 0 Å². The van der Waals surface area contributed by atoms with E-state index in [0.29, 0.717) is 11.7 Å². The van der Waals surface area contributed by atoms with Crippen molar-refractivity contribution in [3.8, 4) is 17.2 Å². The molecule has 0 heterocycles. The van der Waals surface area contributed by atoms with Crippen molar-refractivity contribution >= 4 is 5.57 Å². The lowest BCUT2D eigenvalue weighted by molar-refractivity contribution is 0.373. The molecule has 0 amide bonds. The summed E-state index contributed by atoms with van der Waals surface area (Å²) in [6.07, 6.45) is 3.81. The van der Waals surface area contributed by atoms with Crippen LogP contribution in [0.3, 0.4) is 0 Å². The standard InChI is InChI=1S/C24H32O3/c1-7-9-18-13-20(26-5)10-11-21(18)17(4)12-19-14-23(25)24(27-6)15-22(19)16(3)8-2/h10-11,13-15,17,25H,3,7-9,12H2,1-2,4-6H3/t17-/m0/s1. The third kappa shape index (κ3) is 4.85. The number of aryl methyl sites for hydroxylation is 1. The molecular formula is C24H32O3. The monoisotopic (exact) mass is 368 g/mol. The van der Waals surface area contributed by atoms with Gasteiger partial charge in [0.25, 0.3) is 0 Å². The normalized spacial score (nSPS) is 11.9. The zero-order chi connectivity index (χ0) is 20.0. The van der Waals surface area contributed by atoms with Gasteiger partial charge in [0, 0.05) is 0 Å². The van der Waals surface area contributed by atoms with Crippen molar-refractivity contribution in [1.29, 1.82) is 0 Å². The largest absolute Gasteiger partial charge is 0.504 e. The number of rotatable bonds is 9. The number of hydrogen-bond acceptors (Lipinski definition) is 3. The highest BCUT2D eigenvalue weighted by atomic mass is 16.5. The van der Waals surface area contributed by atoms with Gasteiger partial charge in [0.1, 0.15) is 5.75 Å². The average Bonchev–Trinajstić information content (AvgIpc) is 2.67. The van der Waals surface area contributed by atoms with Crippen molar-refractivity contribution in [2.24, 2.45) is 0 Å². The lowest BCUT2D eigenvalue weighted by Crippen LogP contribution is -2.06. The molecule has 0 saturated carbocycles. The Morgan fingerprint density at radius 3 is 2.41 bits per heavy atom. The Bertz CT molecular complexity index is 792. The smallest absolute Gasteiger partial charge is 0.161 e. The number of aromatic hydroxyl groups is 1. The van der Waals surface area contributed by atoms with Crippen LogP contribution in [0.1, 0.15) is 61.8 Å². The van der Waals surface area contributed by atoms with Crippen LogP contribution in [0.2, 0.25) is 0 Å². The minimum atomic E-state index is 0.177. The molecule has 1 atom stereocenters. The molecule has 0 fully saturated rings. The second kappa shape index (κ2) is 9.50. The Kier molecular flexibility index (Phi) is 7.35. The third-order valence-electron chi connectivity index (χ3n) is 5.14. The highest BCUT2D eigenvalue weighted by Crippen LogP contribution is 2.36. The molecule has 0 aliphatic carbocycles. The van der Waals surface area contributed by atoms with Crippen molar-refractivity contribution in [3.63, 3.8) is 0 Å². The number of benzene rings is 2. The maximum atomic E-state index is 10.3. The van der Waals surface area contributed by atoms with Crippen molar-refractivity contribution in [3.05, 3.63) is 59.2 Å². The van der Waals surface area contributed by atoms with E-state index in [1.54, 1.807) is 14.2 Å². The second-order valence-electron chi connectivity index (χ2n) is 7.06. The van der Waals surface area contributed by atoms with E-state index in [4.69, 9.17) is 9.47 Å². The van der Waals surface area contributed by atoms with Gasteiger partial charge in [-0.3, -0.25) is 0 Å². The summed E-state index contributed by atoms with van der Waals surface area (Å²) in [5.41, 5.74) is 5.90. The molecule has 0 bridgehead atoms. The first-order valence-electron chi connectivity index (χ1n) is 9.69. The van der Waals surface area contributed by atoms with Crippen LogP contribution < -0.4 is 9.47 Å². The third-order valence-corrected chi connectivity index (χ3v) is 5.14. The highest BCUT2D eigenvalue weighted by molar-refractivity contribution is 5.69. The van der Waals surface area contributed by atoms with Crippen LogP contribution in [-0.4, -0.2) is 19.3 Å². The summed E-state index contributed by atoms with van der Waals surface area (Å²) < 4.78 is 10.7. The second-order valence-corrected chi connectivity index (χ2v) is 7.06. The summed E-state index contributed by atoms with van der Waals surface area (Å²) in [5.74, 6) is 1.88. The van der Waals surface area contributed by atoms with Gasteiger partial charge in [-0.05, 0) is 77.3 Å². The van der Waals surface area contributed by atoms with E-state index in [1.807, 2.05) is 18.2 Å². The van der Waals surface area contributed by atoms with Crippen LogP contribution in [-0.2, 0) is 12.8 Å². The van der Waals surface area contributed by atoms with E-state index >= 15 is 0 Å². The van der Waals surface area contributed by atoms with Crippen molar-refractivity contribution < 1.29 is 14.6 Å². The van der Waals surface area contributed by atoms with Gasteiger partial charge in [-0.2, -0.15) is 0 Å². The SMILES string of the molecule is C=C(CC)c1cc(OC)c(O)cc1C[C@H](C)c1ccc(OC)cc1CCC. The molecular weight excluding hydrogens is 336 g/mol. The Balaban J connectivity index is 2.41. The predicted octanol–water partition coefficient (Wildman–Crippen LogP) is 6.13. The molecule has 2 aromatic carbocycles. The minimum absolute atomic E-state index is 0.177. The number of hydrogen-bond donors (Lipinski definition) is 1. The molecule has 27 heavy (non-hydrogen) atoms. The Morgan fingerprint density at radius 2 is 1.81 bits per heavy atom. The first-order valence-corrected chi connectivity index (χ1v) is 9.69. The topological polar surface area (TPSA) is 38.7 Å². The quantitative estimate of drug-likeness (QED) is 0.578. The molecule has 2 rings (SSSR count). The summed E-state index contributed by atoms with van der Waals surface area (Å²) in [5, 5.41) is 10.3. The van der Waals surface area contributed by atoms with Crippen LogP contribution in [0.5, 0.6) is 17.2 Å². The fourth-order valence-electron chi connectivity index (χ4n) is 3.58. The number of allylic oxidation sites excluding steroid dienone is 1. The van der Waals surface area contributed by atoms with Gasteiger partial charge in [0.2, 0.25) is 0 Å². The molecule has 0 unspecified atom stereocenters. The van der Waals surface area contributed by atoms with Crippen molar-refractivity contribution in [2.45, 2.75) is 52.4 Å². The number of ether oxygens (including phenoxy) is 2. The van der Waals surface area contributed by atoms with Crippen LogP contribution >= 0.6 is 0 Å². The summed E-state index contributed by atoms with van der Waals surface area (Å²) in [6.45, 7) is 10.7. The Hall–Kier alpha value is -2.42. The maximum absolute atomic E-state index is 10.3. The first-order chi connectivity index (χ1) is 12.9. The van der Waals surface area contributed by atoms with Crippen LogP contribution in [0.15, 0.2) is 36.9 Å². The highest BCUT2D eigenvalue weighted by Gasteiger charge is 2.17. The Labute approximate surface area is 163 Å². The molecule has 2 aromatic rings. The molecule has 1 N–H and O–H groups in total. The van der Waals surface area contributed by atoms with E-state index in [0.717, 1.165) is 48.1 Å². The Morgan fingerprint density at radius 1 is 1.07 bits per heavy atom. The van der Waals surface area contributed by atoms with Gasteiger partial charge in [-0.1, -0.05) is 39.8 Å². The van der Waals surface area contributed by atoms with Gasteiger partial charge in [0.15, 0.2) is 11.5 Å². The summed E-state index contributed by atoms with van der Waals surface area (Å²) in [6, 6.07) is 10.1. The van der Waals surface area contributed by atoms with Gasteiger partial charge in [0.05, 0.1) is 14.2 Å². The summed E-state index contributed by atoms with van der Waals surface area (Å²) in [4.78, 5) is 0. The van der Waals surface area contributed by atoms with Crippen LogP contribution in [0.25, 0.3) is 5.57 Å². The van der Waals surface area contributed by atoms with E-state index in [1.165, 1.54) is 11.1 Å². The molecule has 0 aromatic heterocycles. The molecule has 3 nitrogen and oxygen atoms in total. The fraction of sp³-hybridized carbons (Fsp3) is 0.417. The lowest BCUT2D eigenvalue weighted by atomic mass is 9.86. The van der Waals surface area contributed by atoms with E-state index < -0.39 is 0 Å². The molecule has 0 aliphatic rings. The van der Waals surface area contributed by atoms with Crippen molar-refractivity contribution in [2.75, 3.05) is 14.2 Å². The first kappa shape index (κ1) is 20.9. The van der Waals surface area contributed by atoms with E-state index in [2.05, 4.69) is 39.5 Å². The molecule has 0 aliphatic heterocycles. The van der Waals surface area contributed by atoms with E-state index in [-0.39, 0.29) is 5.75 Å². The zero-order valence-electron chi connectivity index (χ0n) is 17.3. The molecule has 3 heteroatoms. The summed E-state index contributed by atoms with van der Waals surface area (Å²) in [7, 11) is 3.28. The number of methoxy groups -OCH3 is 2. The molecule has 146 valence electrons. The average molecular weight is 369 g/mol. The molecule has 0 radical (unpaired) electrons. The van der Waals surface area contributed by atoms with Gasteiger partial charge in [-0.25, -0.2) is 0 Å². The maximum Gasteiger partial charge on any atom is 0.161 e. The number of phenols is 1. The summed E-state index contributed by atoms with van der Waals surface area (Å²) >= 11 is 0. The predicted molar refractivity (Wildman–Crippen MR) is 113 cm³/mol. The van der Waals surface area contributed by atoms with Gasteiger partial charge in [-0.15, -0.1) is 0 Å². The fourth-order valence-corrected chi connectivity index (χ4v) is 3.58.